The zero-order chi connectivity index (χ0) is 76.0. The second-order valence-corrected chi connectivity index (χ2v) is 35.0. The number of aliphatic hydroxyl groups excluding tert-OH is 1. The number of phosphoric ester groups is 2. The molecular formula is C84H164O17P2. The summed E-state index contributed by atoms with van der Waals surface area (Å²) in [5.41, 5.74) is 0. The number of aliphatic hydroxyl groups is 1. The van der Waals surface area contributed by atoms with Gasteiger partial charge in [0.25, 0.3) is 0 Å². The van der Waals surface area contributed by atoms with Crippen molar-refractivity contribution in [3.8, 4) is 0 Å². The lowest BCUT2D eigenvalue weighted by Gasteiger charge is -2.21. The average Bonchev–Trinajstić information content (AvgIpc) is 0.907. The maximum Gasteiger partial charge on any atom is 0.472 e. The van der Waals surface area contributed by atoms with E-state index in [-0.39, 0.29) is 25.7 Å². The van der Waals surface area contributed by atoms with Crippen molar-refractivity contribution in [1.82, 2.24) is 0 Å². The number of esters is 4. The molecule has 0 aromatic heterocycles. The number of hydrogen-bond acceptors (Lipinski definition) is 15. The van der Waals surface area contributed by atoms with Crippen LogP contribution < -0.4 is 0 Å². The first kappa shape index (κ1) is 101. The Kier molecular flexibility index (Phi) is 71.5. The quantitative estimate of drug-likeness (QED) is 0.0222. The van der Waals surface area contributed by atoms with Crippen LogP contribution in [-0.4, -0.2) is 96.7 Å². The zero-order valence-corrected chi connectivity index (χ0v) is 69.7. The molecule has 0 bridgehead atoms. The molecule has 103 heavy (non-hydrogen) atoms. The molecule has 0 radical (unpaired) electrons. The Labute approximate surface area is 632 Å². The summed E-state index contributed by atoms with van der Waals surface area (Å²) in [5.74, 6) is 0.984. The van der Waals surface area contributed by atoms with Crippen molar-refractivity contribution in [1.29, 1.82) is 0 Å². The van der Waals surface area contributed by atoms with Crippen LogP contribution in [0.3, 0.4) is 0 Å². The van der Waals surface area contributed by atoms with E-state index in [1.165, 1.54) is 238 Å². The van der Waals surface area contributed by atoms with E-state index in [2.05, 4.69) is 55.4 Å². The average molecular weight is 1510 g/mol. The van der Waals surface area contributed by atoms with Crippen LogP contribution in [0.4, 0.5) is 0 Å². The van der Waals surface area contributed by atoms with E-state index in [0.29, 0.717) is 25.7 Å². The summed E-state index contributed by atoms with van der Waals surface area (Å²) >= 11 is 0. The van der Waals surface area contributed by atoms with E-state index < -0.39 is 97.5 Å². The van der Waals surface area contributed by atoms with Crippen LogP contribution in [0.1, 0.15) is 434 Å². The molecule has 0 heterocycles. The fourth-order valence-electron chi connectivity index (χ4n) is 13.0. The van der Waals surface area contributed by atoms with Gasteiger partial charge in [-0.3, -0.25) is 37.3 Å². The SMILES string of the molecule is CC(C)CCCCCCCCCCCCCCCCCCCCC(=O)O[C@H](COC(=O)CCCCCCCCCCCCCCCCCCC(C)C)COP(=O)(O)OCC(O)COP(=O)(O)OC[C@@H](COC(=O)CCCCCCCCCCC(C)C)OC(=O)CCCCCCCCCCCC(C)C. The molecule has 0 saturated heterocycles. The molecule has 612 valence electrons. The highest BCUT2D eigenvalue weighted by molar-refractivity contribution is 7.47. The van der Waals surface area contributed by atoms with Crippen LogP contribution in [0.15, 0.2) is 0 Å². The summed E-state index contributed by atoms with van der Waals surface area (Å²) in [6, 6.07) is 0. The van der Waals surface area contributed by atoms with Crippen LogP contribution in [-0.2, 0) is 65.4 Å². The first-order valence-electron chi connectivity index (χ1n) is 43.2. The summed E-state index contributed by atoms with van der Waals surface area (Å²) in [7, 11) is -9.93. The van der Waals surface area contributed by atoms with Gasteiger partial charge in [0.15, 0.2) is 12.2 Å². The molecule has 3 unspecified atom stereocenters. The lowest BCUT2D eigenvalue weighted by Crippen LogP contribution is -2.30. The second kappa shape index (κ2) is 72.9. The Balaban J connectivity index is 5.22. The van der Waals surface area contributed by atoms with E-state index >= 15 is 0 Å². The van der Waals surface area contributed by atoms with E-state index in [1.807, 2.05) is 0 Å². The number of unbranched alkanes of at least 4 members (excludes halogenated alkanes) is 47. The maximum atomic E-state index is 13.1. The highest BCUT2D eigenvalue weighted by atomic mass is 31.2. The molecule has 0 aromatic rings. The molecule has 0 rings (SSSR count). The molecule has 17 nitrogen and oxygen atoms in total. The zero-order valence-electron chi connectivity index (χ0n) is 68.0. The van der Waals surface area contributed by atoms with E-state index in [1.54, 1.807) is 0 Å². The molecular weight excluding hydrogens is 1340 g/mol. The van der Waals surface area contributed by atoms with E-state index in [4.69, 9.17) is 37.0 Å². The maximum absolute atomic E-state index is 13.1. The number of rotatable bonds is 81. The summed E-state index contributed by atoms with van der Waals surface area (Å²) in [5, 5.41) is 10.7. The van der Waals surface area contributed by atoms with Crippen molar-refractivity contribution >= 4 is 39.5 Å². The summed E-state index contributed by atoms with van der Waals surface area (Å²) in [6.45, 7) is 14.3. The smallest absolute Gasteiger partial charge is 0.462 e. The summed E-state index contributed by atoms with van der Waals surface area (Å²) in [6.07, 6.45) is 61.2. The fourth-order valence-corrected chi connectivity index (χ4v) is 14.5. The van der Waals surface area contributed by atoms with Gasteiger partial charge in [-0.25, -0.2) is 9.13 Å². The summed E-state index contributed by atoms with van der Waals surface area (Å²) in [4.78, 5) is 73.1. The van der Waals surface area contributed by atoms with Crippen molar-refractivity contribution in [2.75, 3.05) is 39.6 Å². The van der Waals surface area contributed by atoms with Crippen molar-refractivity contribution in [3.63, 3.8) is 0 Å². The van der Waals surface area contributed by atoms with Crippen molar-refractivity contribution in [3.05, 3.63) is 0 Å². The van der Waals surface area contributed by atoms with Gasteiger partial charge >= 0.3 is 39.5 Å². The molecule has 0 fully saturated rings. The number of hydrogen-bond donors (Lipinski definition) is 3. The van der Waals surface area contributed by atoms with Crippen LogP contribution in [0.2, 0.25) is 0 Å². The highest BCUT2D eigenvalue weighted by Gasteiger charge is 2.30. The minimum atomic E-state index is -4.97. The molecule has 0 aromatic carbocycles. The number of carbonyl (C=O) groups is 4. The monoisotopic (exact) mass is 1510 g/mol. The number of phosphoric acid groups is 2. The molecule has 0 aliphatic carbocycles. The Morgan fingerprint density at radius 1 is 0.243 bits per heavy atom. The third-order valence-corrected chi connectivity index (χ3v) is 21.5. The van der Waals surface area contributed by atoms with Crippen LogP contribution in [0.5, 0.6) is 0 Å². The Hall–Kier alpha value is -1.94. The van der Waals surface area contributed by atoms with Crippen LogP contribution >= 0.6 is 15.6 Å². The molecule has 3 N–H and O–H groups in total. The Morgan fingerprint density at radius 3 is 0.602 bits per heavy atom. The molecule has 0 saturated carbocycles. The largest absolute Gasteiger partial charge is 0.472 e. The lowest BCUT2D eigenvalue weighted by atomic mass is 10.0. The molecule has 0 amide bonds. The standard InChI is InChI=1S/C84H164O17P2/c1-74(2)60-52-44-36-28-23-19-15-11-9-10-12-18-22-26-32-42-50-58-66-83(88)100-79(70-94-81(86)64-56-48-40-31-25-21-17-14-13-16-20-24-29-37-45-53-61-75(3)4)72-98-102(90,91)96-68-78(85)69-97-103(92,93)99-73-80(71-95-82(87)65-57-49-41-35-34-39-47-55-63-77(7)8)101-84(89)67-59-51-43-33-27-30-38-46-54-62-76(5)6/h74-80,85H,9-73H2,1-8H3,(H,90,91)(H,92,93)/t78?,79-,80-/m1/s1. The van der Waals surface area contributed by atoms with Gasteiger partial charge in [-0.2, -0.15) is 0 Å². The molecule has 19 heteroatoms. The van der Waals surface area contributed by atoms with Gasteiger partial charge in [0.1, 0.15) is 19.3 Å². The number of carbonyl (C=O) groups excluding carboxylic acids is 4. The normalized spacial score (nSPS) is 14.0. The van der Waals surface area contributed by atoms with E-state index in [0.717, 1.165) is 114 Å². The third kappa shape index (κ3) is 78.0. The summed E-state index contributed by atoms with van der Waals surface area (Å²) < 4.78 is 68.8. The third-order valence-electron chi connectivity index (χ3n) is 19.6. The van der Waals surface area contributed by atoms with E-state index in [9.17, 15) is 43.2 Å². The van der Waals surface area contributed by atoms with Crippen molar-refractivity contribution in [2.24, 2.45) is 23.7 Å². The molecule has 5 atom stereocenters. The van der Waals surface area contributed by atoms with Gasteiger partial charge in [-0.15, -0.1) is 0 Å². The Bertz CT molecular complexity index is 2010. The van der Waals surface area contributed by atoms with Crippen molar-refractivity contribution in [2.45, 2.75) is 453 Å². The van der Waals surface area contributed by atoms with Crippen LogP contribution in [0, 0.1) is 23.7 Å². The predicted molar refractivity (Wildman–Crippen MR) is 423 cm³/mol. The fraction of sp³-hybridized carbons (Fsp3) is 0.952. The molecule has 0 spiro atoms. The van der Waals surface area contributed by atoms with Gasteiger partial charge in [-0.1, -0.05) is 383 Å². The van der Waals surface area contributed by atoms with Crippen LogP contribution in [0.25, 0.3) is 0 Å². The minimum Gasteiger partial charge on any atom is -0.462 e. The highest BCUT2D eigenvalue weighted by Crippen LogP contribution is 2.45. The topological polar surface area (TPSA) is 237 Å². The van der Waals surface area contributed by atoms with Gasteiger partial charge in [0.05, 0.1) is 26.4 Å². The first-order valence-corrected chi connectivity index (χ1v) is 46.2. The number of ether oxygens (including phenoxy) is 4. The second-order valence-electron chi connectivity index (χ2n) is 32.1. The molecule has 0 aliphatic rings. The van der Waals surface area contributed by atoms with Gasteiger partial charge in [0.2, 0.25) is 0 Å². The minimum absolute atomic E-state index is 0.105. The van der Waals surface area contributed by atoms with Gasteiger partial charge < -0.3 is 33.8 Å². The molecule has 0 aliphatic heterocycles. The Morgan fingerprint density at radius 2 is 0.408 bits per heavy atom. The lowest BCUT2D eigenvalue weighted by molar-refractivity contribution is -0.161. The van der Waals surface area contributed by atoms with Gasteiger partial charge in [-0.05, 0) is 49.4 Å². The van der Waals surface area contributed by atoms with Gasteiger partial charge in [0, 0.05) is 25.7 Å². The predicted octanol–water partition coefficient (Wildman–Crippen LogP) is 25.2. The first-order chi connectivity index (χ1) is 49.6. The van der Waals surface area contributed by atoms with Crippen molar-refractivity contribution < 1.29 is 80.2 Å².